The molecule has 2 aromatic heterocycles. The maximum Gasteiger partial charge on any atom is 0.416 e. The molecular formula is C19H16F3N3O2. The summed E-state index contributed by atoms with van der Waals surface area (Å²) >= 11 is 0. The molecule has 0 unspecified atom stereocenters. The molecule has 27 heavy (non-hydrogen) atoms. The number of carbonyl (C=O) groups is 1. The van der Waals surface area contributed by atoms with Crippen molar-refractivity contribution in [3.63, 3.8) is 0 Å². The van der Waals surface area contributed by atoms with E-state index in [1.807, 2.05) is 18.2 Å². The van der Waals surface area contributed by atoms with Gasteiger partial charge in [0, 0.05) is 25.1 Å². The number of hydrogen-bond donors (Lipinski definition) is 1. The highest BCUT2D eigenvalue weighted by atomic mass is 19.4. The Morgan fingerprint density at radius 2 is 1.89 bits per heavy atom. The summed E-state index contributed by atoms with van der Waals surface area (Å²) in [4.78, 5) is 12.4. The number of carbonyl (C=O) groups excluding carboxylic acids is 1. The summed E-state index contributed by atoms with van der Waals surface area (Å²) in [6.07, 6.45) is 0.0135. The van der Waals surface area contributed by atoms with E-state index in [2.05, 4.69) is 10.4 Å². The summed E-state index contributed by atoms with van der Waals surface area (Å²) in [5.74, 6) is 0.189. The fourth-order valence-electron chi connectivity index (χ4n) is 3.07. The van der Waals surface area contributed by atoms with Crippen molar-refractivity contribution in [2.45, 2.75) is 31.2 Å². The summed E-state index contributed by atoms with van der Waals surface area (Å²) in [7, 11) is 0. The van der Waals surface area contributed by atoms with Gasteiger partial charge < -0.3 is 10.1 Å². The van der Waals surface area contributed by atoms with Gasteiger partial charge in [-0.1, -0.05) is 6.07 Å². The number of nitrogens with zero attached hydrogens (tertiary/aromatic N) is 2. The van der Waals surface area contributed by atoms with E-state index in [0.717, 1.165) is 17.6 Å². The molecule has 1 aliphatic carbocycles. The lowest BCUT2D eigenvalue weighted by Gasteiger charge is -2.35. The molecule has 1 N–H and O–H groups in total. The van der Waals surface area contributed by atoms with Gasteiger partial charge in [0.15, 0.2) is 0 Å². The third kappa shape index (κ3) is 3.60. The zero-order chi connectivity index (χ0) is 19.0. The van der Waals surface area contributed by atoms with Gasteiger partial charge in [0.05, 0.1) is 22.8 Å². The Hall–Kier alpha value is -3.03. The van der Waals surface area contributed by atoms with E-state index in [4.69, 9.17) is 4.74 Å². The minimum atomic E-state index is -4.36. The molecule has 1 fully saturated rings. The summed E-state index contributed by atoms with van der Waals surface area (Å²) in [6, 6.07) is 10.1. The fourth-order valence-corrected chi connectivity index (χ4v) is 3.07. The normalized spacial score (nSPS) is 19.5. The standard InChI is InChI=1S/C19H16F3N3O2/c20-19(21,22)12-4-6-14(7-5-12)27-15-9-13(10-15)24-18(26)16-11-23-25-8-2-1-3-17(16)25/h1-8,11,13,15H,9-10H2,(H,24,26)/t13-,15-. The number of amides is 1. The second-order valence-electron chi connectivity index (χ2n) is 6.49. The number of fused-ring (bicyclic) bond motifs is 1. The van der Waals surface area contributed by atoms with Gasteiger partial charge in [-0.25, -0.2) is 4.52 Å². The lowest BCUT2D eigenvalue weighted by Crippen LogP contribution is -2.48. The number of alkyl halides is 3. The average molecular weight is 375 g/mol. The minimum absolute atomic E-state index is 0.0318. The van der Waals surface area contributed by atoms with Crippen LogP contribution in [-0.2, 0) is 6.18 Å². The smallest absolute Gasteiger partial charge is 0.416 e. The molecule has 0 saturated heterocycles. The number of hydrogen-bond acceptors (Lipinski definition) is 3. The minimum Gasteiger partial charge on any atom is -0.490 e. The van der Waals surface area contributed by atoms with Gasteiger partial charge in [0.1, 0.15) is 11.9 Å². The predicted octanol–water partition coefficient (Wildman–Crippen LogP) is 3.69. The van der Waals surface area contributed by atoms with E-state index >= 15 is 0 Å². The lowest BCUT2D eigenvalue weighted by atomic mass is 9.89. The molecular weight excluding hydrogens is 359 g/mol. The molecule has 8 heteroatoms. The number of nitrogens with one attached hydrogen (secondary N) is 1. The van der Waals surface area contributed by atoms with Crippen molar-refractivity contribution in [1.82, 2.24) is 14.9 Å². The molecule has 0 radical (unpaired) electrons. The van der Waals surface area contributed by atoms with E-state index in [-0.39, 0.29) is 18.1 Å². The maximum atomic E-state index is 12.6. The van der Waals surface area contributed by atoms with Crippen LogP contribution < -0.4 is 10.1 Å². The van der Waals surface area contributed by atoms with Gasteiger partial charge >= 0.3 is 6.18 Å². The average Bonchev–Trinajstić information content (AvgIpc) is 3.03. The first-order valence-electron chi connectivity index (χ1n) is 8.47. The van der Waals surface area contributed by atoms with E-state index < -0.39 is 11.7 Å². The fraction of sp³-hybridized carbons (Fsp3) is 0.263. The van der Waals surface area contributed by atoms with Crippen LogP contribution in [0.3, 0.4) is 0 Å². The first-order chi connectivity index (χ1) is 12.9. The number of rotatable bonds is 4. The zero-order valence-corrected chi connectivity index (χ0v) is 14.1. The molecule has 1 aliphatic rings. The molecule has 140 valence electrons. The highest BCUT2D eigenvalue weighted by Gasteiger charge is 2.33. The Balaban J connectivity index is 1.30. The number of halogens is 3. The van der Waals surface area contributed by atoms with Gasteiger partial charge in [-0.2, -0.15) is 18.3 Å². The van der Waals surface area contributed by atoms with Crippen molar-refractivity contribution in [3.8, 4) is 5.75 Å². The molecule has 0 aliphatic heterocycles. The second kappa shape index (κ2) is 6.61. The van der Waals surface area contributed by atoms with Crippen molar-refractivity contribution >= 4 is 11.4 Å². The molecule has 3 aromatic rings. The third-order valence-electron chi connectivity index (χ3n) is 4.59. The molecule has 1 saturated carbocycles. The molecule has 0 bridgehead atoms. The molecule has 1 amide bonds. The third-order valence-corrected chi connectivity index (χ3v) is 4.59. The van der Waals surface area contributed by atoms with E-state index in [0.29, 0.717) is 24.2 Å². The van der Waals surface area contributed by atoms with Crippen LogP contribution in [0, 0.1) is 0 Å². The highest BCUT2D eigenvalue weighted by molar-refractivity contribution is 6.00. The van der Waals surface area contributed by atoms with E-state index in [1.54, 1.807) is 10.7 Å². The monoisotopic (exact) mass is 375 g/mol. The van der Waals surface area contributed by atoms with Gasteiger partial charge in [-0.05, 0) is 36.4 Å². The van der Waals surface area contributed by atoms with Crippen molar-refractivity contribution in [2.24, 2.45) is 0 Å². The predicted molar refractivity (Wildman–Crippen MR) is 91.5 cm³/mol. The second-order valence-corrected chi connectivity index (χ2v) is 6.49. The van der Waals surface area contributed by atoms with Crippen LogP contribution in [0.2, 0.25) is 0 Å². The summed E-state index contributed by atoms with van der Waals surface area (Å²) < 4.78 is 45.0. The SMILES string of the molecule is O=C(N[C@H]1C[C@H](Oc2ccc(C(F)(F)F)cc2)C1)c1cnn2ccccc12. The van der Waals surface area contributed by atoms with Crippen molar-refractivity contribution < 1.29 is 22.7 Å². The van der Waals surface area contributed by atoms with Gasteiger partial charge in [0.25, 0.3) is 5.91 Å². The van der Waals surface area contributed by atoms with Crippen molar-refractivity contribution in [1.29, 1.82) is 0 Å². The zero-order valence-electron chi connectivity index (χ0n) is 14.1. The van der Waals surface area contributed by atoms with Crippen LogP contribution in [0.5, 0.6) is 5.75 Å². The van der Waals surface area contributed by atoms with Gasteiger partial charge in [-0.3, -0.25) is 4.79 Å². The molecule has 1 aromatic carbocycles. The molecule has 5 nitrogen and oxygen atoms in total. The topological polar surface area (TPSA) is 55.6 Å². The quantitative estimate of drug-likeness (QED) is 0.757. The largest absolute Gasteiger partial charge is 0.490 e. The number of pyridine rings is 1. The Bertz CT molecular complexity index is 960. The summed E-state index contributed by atoms with van der Waals surface area (Å²) in [5.41, 5.74) is 0.525. The number of benzene rings is 1. The van der Waals surface area contributed by atoms with Gasteiger partial charge in [0.2, 0.25) is 0 Å². The first-order valence-corrected chi connectivity index (χ1v) is 8.47. The summed E-state index contributed by atoms with van der Waals surface area (Å²) in [5, 5.41) is 7.07. The van der Waals surface area contributed by atoms with Crippen LogP contribution in [0.4, 0.5) is 13.2 Å². The Kier molecular flexibility index (Phi) is 4.25. The first kappa shape index (κ1) is 17.4. The highest BCUT2D eigenvalue weighted by Crippen LogP contribution is 2.32. The van der Waals surface area contributed by atoms with Crippen LogP contribution in [0.1, 0.15) is 28.8 Å². The Morgan fingerprint density at radius 1 is 1.15 bits per heavy atom. The lowest BCUT2D eigenvalue weighted by molar-refractivity contribution is -0.137. The molecule has 4 rings (SSSR count). The maximum absolute atomic E-state index is 12.6. The number of ether oxygens (including phenoxy) is 1. The summed E-state index contributed by atoms with van der Waals surface area (Å²) in [6.45, 7) is 0. The Labute approximate surface area is 152 Å². The molecule has 2 heterocycles. The van der Waals surface area contributed by atoms with Crippen molar-refractivity contribution in [2.75, 3.05) is 0 Å². The number of aromatic nitrogens is 2. The van der Waals surface area contributed by atoms with Crippen LogP contribution in [-0.4, -0.2) is 27.7 Å². The van der Waals surface area contributed by atoms with E-state index in [9.17, 15) is 18.0 Å². The van der Waals surface area contributed by atoms with Crippen LogP contribution in [0.25, 0.3) is 5.52 Å². The van der Waals surface area contributed by atoms with Crippen LogP contribution >= 0.6 is 0 Å². The van der Waals surface area contributed by atoms with Gasteiger partial charge in [-0.15, -0.1) is 0 Å². The molecule has 0 spiro atoms. The van der Waals surface area contributed by atoms with E-state index in [1.165, 1.54) is 18.3 Å². The van der Waals surface area contributed by atoms with Crippen LogP contribution in [0.15, 0.2) is 54.9 Å². The molecule has 0 atom stereocenters. The van der Waals surface area contributed by atoms with Crippen molar-refractivity contribution in [3.05, 3.63) is 66.0 Å². The Morgan fingerprint density at radius 3 is 2.59 bits per heavy atom.